The summed E-state index contributed by atoms with van der Waals surface area (Å²) in [7, 11) is 0. The Morgan fingerprint density at radius 3 is 2.77 bits per heavy atom. The standard InChI is InChI=1S/C10H13BrN.Y/c1-4-5-12-7-8(2)6-10(11)9(12)3;/h6H,3-5H2,1-2H3;/q-1;. The summed E-state index contributed by atoms with van der Waals surface area (Å²) >= 11 is 3.46. The molecule has 0 aromatic heterocycles. The van der Waals surface area contributed by atoms with Gasteiger partial charge in [-0.1, -0.05) is 46.2 Å². The Hall–Kier alpha value is 0.604. The molecule has 1 aliphatic rings. The molecule has 1 heterocycles. The summed E-state index contributed by atoms with van der Waals surface area (Å²) in [6.45, 7) is 9.14. The van der Waals surface area contributed by atoms with Crippen molar-refractivity contribution >= 4 is 15.9 Å². The second-order valence-electron chi connectivity index (χ2n) is 2.89. The van der Waals surface area contributed by atoms with Gasteiger partial charge in [-0.05, 0) is 13.0 Å². The Kier molecular flexibility index (Phi) is 6.44. The summed E-state index contributed by atoms with van der Waals surface area (Å²) in [6.07, 6.45) is 6.39. The first kappa shape index (κ1) is 13.6. The van der Waals surface area contributed by atoms with Crippen molar-refractivity contribution in [3.8, 4) is 0 Å². The summed E-state index contributed by atoms with van der Waals surface area (Å²) in [5.41, 5.74) is 2.14. The van der Waals surface area contributed by atoms with Crippen molar-refractivity contribution in [3.63, 3.8) is 0 Å². The Bertz CT molecular complexity index is 256. The minimum absolute atomic E-state index is 0. The van der Waals surface area contributed by atoms with Crippen molar-refractivity contribution in [2.24, 2.45) is 0 Å². The van der Waals surface area contributed by atoms with E-state index in [2.05, 4.69) is 40.5 Å². The summed E-state index contributed by atoms with van der Waals surface area (Å²) < 4.78 is 1.06. The smallest absolute Gasteiger partial charge is 0 e. The zero-order valence-electron chi connectivity index (χ0n) is 8.10. The van der Waals surface area contributed by atoms with Gasteiger partial charge in [-0.25, -0.2) is 0 Å². The predicted octanol–water partition coefficient (Wildman–Crippen LogP) is 3.21. The summed E-state index contributed by atoms with van der Waals surface area (Å²) in [5, 5.41) is 0. The molecule has 0 aromatic rings. The SMILES string of the molecule is C=C1C(Br)=CC(C)=[C-]N1CCC.[Y]. The van der Waals surface area contributed by atoms with Gasteiger partial charge >= 0.3 is 0 Å². The van der Waals surface area contributed by atoms with Gasteiger partial charge in [-0.15, -0.1) is 12.2 Å². The van der Waals surface area contributed by atoms with Crippen LogP contribution in [0.5, 0.6) is 0 Å². The monoisotopic (exact) mass is 315 g/mol. The van der Waals surface area contributed by atoms with Gasteiger partial charge in [-0.2, -0.15) is 6.08 Å². The van der Waals surface area contributed by atoms with Crippen molar-refractivity contribution < 1.29 is 32.7 Å². The zero-order valence-corrected chi connectivity index (χ0v) is 12.5. The van der Waals surface area contributed by atoms with Crippen LogP contribution in [0.1, 0.15) is 20.3 Å². The minimum Gasteiger partial charge on any atom is -0.455 e. The number of nitrogens with zero attached hydrogens (tertiary/aromatic N) is 1. The van der Waals surface area contributed by atoms with E-state index in [1.807, 2.05) is 13.0 Å². The van der Waals surface area contributed by atoms with Crippen molar-refractivity contribution in [2.75, 3.05) is 6.54 Å². The van der Waals surface area contributed by atoms with Crippen LogP contribution >= 0.6 is 15.9 Å². The van der Waals surface area contributed by atoms with Crippen molar-refractivity contribution in [2.45, 2.75) is 20.3 Å². The largest absolute Gasteiger partial charge is 0.455 e. The van der Waals surface area contributed by atoms with Crippen LogP contribution in [0.2, 0.25) is 0 Å². The second kappa shape index (κ2) is 6.16. The van der Waals surface area contributed by atoms with E-state index in [0.717, 1.165) is 28.7 Å². The fraction of sp³-hybridized carbons (Fsp3) is 0.400. The maximum Gasteiger partial charge on any atom is 0 e. The number of hydrogen-bond donors (Lipinski definition) is 0. The molecule has 3 heteroatoms. The molecule has 1 radical (unpaired) electrons. The van der Waals surface area contributed by atoms with Crippen LogP contribution in [0.3, 0.4) is 0 Å². The molecule has 0 N–H and O–H groups in total. The molecule has 1 aliphatic heterocycles. The quantitative estimate of drug-likeness (QED) is 0.707. The number of rotatable bonds is 2. The number of hydrogen-bond acceptors (Lipinski definition) is 1. The Morgan fingerprint density at radius 1 is 1.62 bits per heavy atom. The van der Waals surface area contributed by atoms with Gasteiger partial charge in [0.25, 0.3) is 0 Å². The van der Waals surface area contributed by atoms with Gasteiger partial charge < -0.3 is 4.90 Å². The van der Waals surface area contributed by atoms with Crippen LogP contribution in [0.4, 0.5) is 0 Å². The van der Waals surface area contributed by atoms with Gasteiger partial charge in [0.1, 0.15) is 0 Å². The molecule has 0 fully saturated rings. The molecule has 0 unspecified atom stereocenters. The molecule has 0 saturated heterocycles. The van der Waals surface area contributed by atoms with Crippen molar-refractivity contribution in [1.29, 1.82) is 0 Å². The molecule has 1 rings (SSSR count). The van der Waals surface area contributed by atoms with E-state index in [0.29, 0.717) is 0 Å². The van der Waals surface area contributed by atoms with Gasteiger partial charge in [0.05, 0.1) is 0 Å². The molecule has 0 saturated carbocycles. The van der Waals surface area contributed by atoms with Gasteiger partial charge in [0.2, 0.25) is 0 Å². The fourth-order valence-corrected chi connectivity index (χ4v) is 1.69. The number of halogens is 1. The molecule has 69 valence electrons. The molecule has 0 atom stereocenters. The van der Waals surface area contributed by atoms with E-state index in [-0.39, 0.29) is 32.7 Å². The molecule has 0 amide bonds. The van der Waals surface area contributed by atoms with Crippen LogP contribution in [0, 0.1) is 6.20 Å². The molecule has 0 spiro atoms. The van der Waals surface area contributed by atoms with Crippen LogP contribution in [-0.4, -0.2) is 11.4 Å². The van der Waals surface area contributed by atoms with Gasteiger partial charge in [-0.3, -0.25) is 0 Å². The molecule has 0 bridgehead atoms. The molecular formula is C10H13BrNY-. The normalized spacial score (nSPS) is 16.2. The molecule has 0 aromatic carbocycles. The van der Waals surface area contributed by atoms with E-state index in [9.17, 15) is 0 Å². The van der Waals surface area contributed by atoms with Crippen LogP contribution in [-0.2, 0) is 32.7 Å². The van der Waals surface area contributed by atoms with Gasteiger partial charge in [0, 0.05) is 32.7 Å². The maximum absolute atomic E-state index is 3.96. The van der Waals surface area contributed by atoms with E-state index in [4.69, 9.17) is 0 Å². The van der Waals surface area contributed by atoms with Crippen LogP contribution < -0.4 is 0 Å². The number of allylic oxidation sites excluding steroid dienone is 3. The van der Waals surface area contributed by atoms with Gasteiger partial charge in [0.15, 0.2) is 0 Å². The minimum atomic E-state index is 0. The fourth-order valence-electron chi connectivity index (χ4n) is 1.13. The van der Waals surface area contributed by atoms with E-state index < -0.39 is 0 Å². The molecule has 0 aliphatic carbocycles. The van der Waals surface area contributed by atoms with E-state index >= 15 is 0 Å². The Balaban J connectivity index is 0.00000144. The molecule has 13 heavy (non-hydrogen) atoms. The molecule has 1 nitrogen and oxygen atoms in total. The second-order valence-corrected chi connectivity index (χ2v) is 3.74. The first-order valence-corrected chi connectivity index (χ1v) is 4.88. The van der Waals surface area contributed by atoms with Crippen LogP contribution in [0.25, 0.3) is 0 Å². The zero-order chi connectivity index (χ0) is 9.14. The average molecular weight is 316 g/mol. The van der Waals surface area contributed by atoms with E-state index in [1.54, 1.807) is 0 Å². The Morgan fingerprint density at radius 2 is 2.23 bits per heavy atom. The predicted molar refractivity (Wildman–Crippen MR) is 55.6 cm³/mol. The molecular weight excluding hydrogens is 303 g/mol. The van der Waals surface area contributed by atoms with Crippen LogP contribution in [0.15, 0.2) is 28.4 Å². The third kappa shape index (κ3) is 3.69. The first-order chi connectivity index (χ1) is 5.65. The Labute approximate surface area is 114 Å². The summed E-state index contributed by atoms with van der Waals surface area (Å²) in [6, 6.07) is 0. The first-order valence-electron chi connectivity index (χ1n) is 4.09. The van der Waals surface area contributed by atoms with Crippen molar-refractivity contribution in [3.05, 3.63) is 34.6 Å². The van der Waals surface area contributed by atoms with E-state index in [1.165, 1.54) is 0 Å². The summed E-state index contributed by atoms with van der Waals surface area (Å²) in [4.78, 5) is 2.05. The third-order valence-electron chi connectivity index (χ3n) is 1.70. The third-order valence-corrected chi connectivity index (χ3v) is 2.39. The average Bonchev–Trinajstić information content (AvgIpc) is 2.00. The van der Waals surface area contributed by atoms with Crippen molar-refractivity contribution in [1.82, 2.24) is 4.90 Å². The topological polar surface area (TPSA) is 3.24 Å². The maximum atomic E-state index is 3.96. The summed E-state index contributed by atoms with van der Waals surface area (Å²) in [5.74, 6) is 0.